The number of carbonyl (C=O) groups excluding carboxylic acids is 1. The van der Waals surface area contributed by atoms with E-state index in [-0.39, 0.29) is 5.11 Å². The number of ether oxygens (including phenoxy) is 2. The highest BCUT2D eigenvalue weighted by Gasteiger charge is 2.06. The number of nitrogens with zero attached hydrogens (tertiary/aromatic N) is 1. The van der Waals surface area contributed by atoms with Crippen molar-refractivity contribution in [2.75, 3.05) is 19.5 Å². The first kappa shape index (κ1) is 19.0. The normalized spacial score (nSPS) is 10.0. The van der Waals surface area contributed by atoms with Gasteiger partial charge in [0.15, 0.2) is 16.6 Å². The molecule has 0 aliphatic rings. The topological polar surface area (TPSA) is 83.4 Å². The van der Waals surface area contributed by atoms with E-state index in [1.54, 1.807) is 62.8 Å². The third-order valence-electron chi connectivity index (χ3n) is 3.37. The second-order valence-electron chi connectivity index (χ2n) is 5.05. The molecule has 2 rings (SSSR count). The molecule has 0 radical (unpaired) electrons. The van der Waals surface area contributed by atoms with E-state index in [0.717, 1.165) is 5.56 Å². The van der Waals surface area contributed by atoms with Crippen molar-refractivity contribution in [1.82, 2.24) is 5.32 Å². The molecular weight excluding hydrogens is 350 g/mol. The number of hydrogen-bond acceptors (Lipinski definition) is 5. The van der Waals surface area contributed by atoms with Crippen LogP contribution in [0, 0.1) is 11.3 Å². The largest absolute Gasteiger partial charge is 0.493 e. The molecule has 2 N–H and O–H groups in total. The summed E-state index contributed by atoms with van der Waals surface area (Å²) >= 11 is 5.10. The molecular formula is C19H17N3O3S. The number of anilines is 1. The van der Waals surface area contributed by atoms with Crippen molar-refractivity contribution < 1.29 is 14.3 Å². The first-order chi connectivity index (χ1) is 12.6. The van der Waals surface area contributed by atoms with Crippen molar-refractivity contribution in [1.29, 1.82) is 5.26 Å². The number of hydrogen-bond donors (Lipinski definition) is 2. The standard InChI is InChI=1S/C19H17N3O3S/c1-24-16-9-7-13(11-17(16)25-2)8-10-18(23)22-19(26)21-15-6-4-3-5-14(15)12-20/h3-11H,1-2H3,(H2,21,22,23,26). The van der Waals surface area contributed by atoms with Crippen LogP contribution in [0.5, 0.6) is 11.5 Å². The van der Waals surface area contributed by atoms with Gasteiger partial charge in [-0.2, -0.15) is 5.26 Å². The predicted molar refractivity (Wildman–Crippen MR) is 104 cm³/mol. The molecule has 0 heterocycles. The Morgan fingerprint density at radius 2 is 1.88 bits per heavy atom. The highest BCUT2D eigenvalue weighted by molar-refractivity contribution is 7.80. The summed E-state index contributed by atoms with van der Waals surface area (Å²) in [6.07, 6.45) is 2.98. The van der Waals surface area contributed by atoms with Crippen LogP contribution in [0.25, 0.3) is 6.08 Å². The minimum Gasteiger partial charge on any atom is -0.493 e. The Bertz CT molecular complexity index is 888. The fraction of sp³-hybridized carbons (Fsp3) is 0.105. The summed E-state index contributed by atoms with van der Waals surface area (Å²) < 4.78 is 10.4. The van der Waals surface area contributed by atoms with Gasteiger partial charge in [0.25, 0.3) is 0 Å². The predicted octanol–water partition coefficient (Wildman–Crippen LogP) is 3.10. The summed E-state index contributed by atoms with van der Waals surface area (Å²) in [6, 6.07) is 14.2. The van der Waals surface area contributed by atoms with E-state index in [0.29, 0.717) is 22.7 Å². The number of nitrogens with one attached hydrogen (secondary N) is 2. The number of amides is 1. The zero-order chi connectivity index (χ0) is 18.9. The van der Waals surface area contributed by atoms with Crippen LogP contribution in [-0.2, 0) is 4.79 Å². The maximum absolute atomic E-state index is 12.0. The highest BCUT2D eigenvalue weighted by atomic mass is 32.1. The van der Waals surface area contributed by atoms with Crippen molar-refractivity contribution in [2.45, 2.75) is 0 Å². The van der Waals surface area contributed by atoms with Gasteiger partial charge >= 0.3 is 0 Å². The van der Waals surface area contributed by atoms with E-state index in [2.05, 4.69) is 16.7 Å². The van der Waals surface area contributed by atoms with Crippen molar-refractivity contribution in [2.24, 2.45) is 0 Å². The summed E-state index contributed by atoms with van der Waals surface area (Å²) in [4.78, 5) is 12.0. The quantitative estimate of drug-likeness (QED) is 0.624. The lowest BCUT2D eigenvalue weighted by molar-refractivity contribution is -0.115. The first-order valence-corrected chi connectivity index (χ1v) is 7.99. The molecule has 0 atom stereocenters. The Balaban J connectivity index is 1.99. The summed E-state index contributed by atoms with van der Waals surface area (Å²) in [5.74, 6) is 0.780. The summed E-state index contributed by atoms with van der Waals surface area (Å²) in [6.45, 7) is 0. The van der Waals surface area contributed by atoms with Crippen LogP contribution in [0.15, 0.2) is 48.5 Å². The number of rotatable bonds is 5. The molecule has 132 valence electrons. The summed E-state index contributed by atoms with van der Waals surface area (Å²) in [7, 11) is 3.10. The Kier molecular flexibility index (Phi) is 6.71. The average Bonchev–Trinajstić information content (AvgIpc) is 2.66. The molecule has 0 fully saturated rings. The minimum absolute atomic E-state index is 0.106. The molecule has 26 heavy (non-hydrogen) atoms. The van der Waals surface area contributed by atoms with Crippen molar-refractivity contribution in [3.63, 3.8) is 0 Å². The van der Waals surface area contributed by atoms with Gasteiger partial charge in [-0.15, -0.1) is 0 Å². The lowest BCUT2D eigenvalue weighted by Crippen LogP contribution is -2.33. The van der Waals surface area contributed by atoms with Gasteiger partial charge in [-0.05, 0) is 48.1 Å². The molecule has 0 saturated carbocycles. The van der Waals surface area contributed by atoms with Crippen LogP contribution in [0.2, 0.25) is 0 Å². The lowest BCUT2D eigenvalue weighted by atomic mass is 10.2. The monoisotopic (exact) mass is 367 g/mol. The lowest BCUT2D eigenvalue weighted by Gasteiger charge is -2.09. The molecule has 0 aliphatic carbocycles. The van der Waals surface area contributed by atoms with Gasteiger partial charge in [-0.1, -0.05) is 18.2 Å². The van der Waals surface area contributed by atoms with Gasteiger partial charge in [0.1, 0.15) is 6.07 Å². The SMILES string of the molecule is COc1ccc(C=CC(=O)NC(=S)Nc2ccccc2C#N)cc1OC. The second-order valence-corrected chi connectivity index (χ2v) is 5.46. The Morgan fingerprint density at radius 1 is 1.15 bits per heavy atom. The van der Waals surface area contributed by atoms with Crippen LogP contribution >= 0.6 is 12.2 Å². The van der Waals surface area contributed by atoms with Crippen molar-refractivity contribution >= 4 is 35.0 Å². The molecule has 7 heteroatoms. The zero-order valence-electron chi connectivity index (χ0n) is 14.3. The van der Waals surface area contributed by atoms with Crippen molar-refractivity contribution in [3.05, 3.63) is 59.7 Å². The van der Waals surface area contributed by atoms with E-state index in [9.17, 15) is 4.79 Å². The fourth-order valence-electron chi connectivity index (χ4n) is 2.13. The third kappa shape index (κ3) is 5.06. The number of para-hydroxylation sites is 1. The Morgan fingerprint density at radius 3 is 2.58 bits per heavy atom. The maximum Gasteiger partial charge on any atom is 0.250 e. The van der Waals surface area contributed by atoms with E-state index in [1.807, 2.05) is 0 Å². The highest BCUT2D eigenvalue weighted by Crippen LogP contribution is 2.27. The summed E-state index contributed by atoms with van der Waals surface area (Å²) in [5, 5.41) is 14.5. The van der Waals surface area contributed by atoms with E-state index in [1.165, 1.54) is 6.08 Å². The third-order valence-corrected chi connectivity index (χ3v) is 3.57. The van der Waals surface area contributed by atoms with Gasteiger partial charge in [-0.3, -0.25) is 10.1 Å². The van der Waals surface area contributed by atoms with Gasteiger partial charge in [0.2, 0.25) is 5.91 Å². The number of carbonyl (C=O) groups is 1. The van der Waals surface area contributed by atoms with E-state index in [4.69, 9.17) is 27.0 Å². The van der Waals surface area contributed by atoms with Crippen LogP contribution in [0.4, 0.5) is 5.69 Å². The van der Waals surface area contributed by atoms with Gasteiger partial charge in [0, 0.05) is 6.08 Å². The number of nitriles is 1. The molecule has 0 unspecified atom stereocenters. The Labute approximate surface area is 157 Å². The van der Waals surface area contributed by atoms with E-state index < -0.39 is 5.91 Å². The van der Waals surface area contributed by atoms with Crippen molar-refractivity contribution in [3.8, 4) is 17.6 Å². The minimum atomic E-state index is -0.397. The molecule has 2 aromatic carbocycles. The van der Waals surface area contributed by atoms with Gasteiger partial charge in [-0.25, -0.2) is 0 Å². The second kappa shape index (κ2) is 9.20. The number of thiocarbonyl (C=S) groups is 1. The molecule has 0 aliphatic heterocycles. The maximum atomic E-state index is 12.0. The molecule has 0 aromatic heterocycles. The molecule has 1 amide bonds. The van der Waals surface area contributed by atoms with Crippen LogP contribution in [0.3, 0.4) is 0 Å². The average molecular weight is 367 g/mol. The van der Waals surface area contributed by atoms with Crippen LogP contribution in [-0.4, -0.2) is 25.2 Å². The number of methoxy groups -OCH3 is 2. The number of benzene rings is 2. The van der Waals surface area contributed by atoms with Gasteiger partial charge in [0.05, 0.1) is 25.5 Å². The molecule has 0 spiro atoms. The smallest absolute Gasteiger partial charge is 0.250 e. The zero-order valence-corrected chi connectivity index (χ0v) is 15.1. The van der Waals surface area contributed by atoms with E-state index >= 15 is 0 Å². The molecule has 2 aromatic rings. The summed E-state index contributed by atoms with van der Waals surface area (Å²) in [5.41, 5.74) is 1.74. The van der Waals surface area contributed by atoms with Gasteiger partial charge < -0.3 is 14.8 Å². The fourth-order valence-corrected chi connectivity index (χ4v) is 2.34. The molecule has 0 saturated heterocycles. The Hall–Kier alpha value is -3.37. The first-order valence-electron chi connectivity index (χ1n) is 7.58. The van der Waals surface area contributed by atoms with Crippen LogP contribution < -0.4 is 20.1 Å². The molecule has 0 bridgehead atoms. The molecule has 6 nitrogen and oxygen atoms in total. The van der Waals surface area contributed by atoms with Crippen LogP contribution in [0.1, 0.15) is 11.1 Å².